The van der Waals surface area contributed by atoms with E-state index in [0.29, 0.717) is 6.42 Å². The van der Waals surface area contributed by atoms with Crippen LogP contribution in [0.2, 0.25) is 0 Å². The van der Waals surface area contributed by atoms with Gasteiger partial charge in [-0.3, -0.25) is 4.79 Å². The second kappa shape index (κ2) is 6.71. The summed E-state index contributed by atoms with van der Waals surface area (Å²) in [5.74, 6) is -0.760. The molecule has 0 bridgehead atoms. The van der Waals surface area contributed by atoms with Gasteiger partial charge in [-0.05, 0) is 30.0 Å². The molecule has 0 spiro atoms. The average Bonchev–Trinajstić information content (AvgIpc) is 2.45. The van der Waals surface area contributed by atoms with E-state index in [9.17, 15) is 4.79 Å². The van der Waals surface area contributed by atoms with Crippen LogP contribution in [0, 0.1) is 6.92 Å². The zero-order chi connectivity index (χ0) is 14.4. The predicted molar refractivity (Wildman–Crippen MR) is 82.5 cm³/mol. The van der Waals surface area contributed by atoms with Crippen LogP contribution in [0.4, 0.5) is 0 Å². The third-order valence-electron chi connectivity index (χ3n) is 3.13. The largest absolute Gasteiger partial charge is 0.481 e. The number of carbonyl (C=O) groups is 1. The third-order valence-corrected chi connectivity index (χ3v) is 3.13. The van der Waals surface area contributed by atoms with Gasteiger partial charge in [0.05, 0.1) is 0 Å². The van der Waals surface area contributed by atoms with E-state index in [1.807, 2.05) is 24.3 Å². The lowest BCUT2D eigenvalue weighted by molar-refractivity contribution is -0.136. The van der Waals surface area contributed by atoms with Crippen molar-refractivity contribution in [2.24, 2.45) is 0 Å². The number of aryl methyl sites for hydroxylation is 1. The Balaban J connectivity index is 2.02. The van der Waals surface area contributed by atoms with Crippen LogP contribution in [-0.4, -0.2) is 11.1 Å². The lowest BCUT2D eigenvalue weighted by Gasteiger charge is -2.03. The van der Waals surface area contributed by atoms with Crippen molar-refractivity contribution in [1.29, 1.82) is 0 Å². The van der Waals surface area contributed by atoms with Crippen molar-refractivity contribution in [2.45, 2.75) is 19.8 Å². The zero-order valence-corrected chi connectivity index (χ0v) is 11.5. The maximum atomic E-state index is 10.4. The Labute approximate surface area is 119 Å². The van der Waals surface area contributed by atoms with E-state index in [0.717, 1.165) is 5.56 Å². The van der Waals surface area contributed by atoms with E-state index >= 15 is 0 Å². The van der Waals surface area contributed by atoms with E-state index < -0.39 is 5.97 Å². The molecule has 0 heterocycles. The fourth-order valence-corrected chi connectivity index (χ4v) is 1.96. The van der Waals surface area contributed by atoms with E-state index in [2.05, 4.69) is 43.3 Å². The van der Waals surface area contributed by atoms with Gasteiger partial charge in [-0.25, -0.2) is 0 Å². The van der Waals surface area contributed by atoms with Gasteiger partial charge < -0.3 is 5.11 Å². The van der Waals surface area contributed by atoms with Crippen molar-refractivity contribution in [1.82, 2.24) is 0 Å². The fourth-order valence-electron chi connectivity index (χ4n) is 1.96. The Bertz CT molecular complexity index is 592. The van der Waals surface area contributed by atoms with Crippen LogP contribution in [-0.2, 0) is 4.79 Å². The number of carboxylic acids is 1. The number of carboxylic acid groups (broad SMARTS) is 1. The molecule has 0 amide bonds. The lowest BCUT2D eigenvalue weighted by atomic mass is 10.0. The molecule has 2 heteroatoms. The molecule has 0 fully saturated rings. The molecular formula is C18H18O2. The average molecular weight is 266 g/mol. The highest BCUT2D eigenvalue weighted by molar-refractivity contribution is 5.68. The van der Waals surface area contributed by atoms with Gasteiger partial charge in [0.2, 0.25) is 0 Å². The number of allylic oxidation sites excluding steroid dienone is 1. The van der Waals surface area contributed by atoms with Crippen molar-refractivity contribution in [3.8, 4) is 11.1 Å². The third kappa shape index (κ3) is 4.09. The highest BCUT2D eigenvalue weighted by Crippen LogP contribution is 2.20. The summed E-state index contributed by atoms with van der Waals surface area (Å²) < 4.78 is 0. The van der Waals surface area contributed by atoms with Crippen molar-refractivity contribution in [2.75, 3.05) is 0 Å². The van der Waals surface area contributed by atoms with Crippen molar-refractivity contribution in [3.05, 3.63) is 65.7 Å². The smallest absolute Gasteiger partial charge is 0.303 e. The van der Waals surface area contributed by atoms with Gasteiger partial charge in [-0.15, -0.1) is 0 Å². The summed E-state index contributed by atoms with van der Waals surface area (Å²) in [5.41, 5.74) is 4.74. The van der Waals surface area contributed by atoms with E-state index in [1.54, 1.807) is 0 Å². The van der Waals surface area contributed by atoms with E-state index in [4.69, 9.17) is 5.11 Å². The minimum atomic E-state index is -0.760. The first-order valence-corrected chi connectivity index (χ1v) is 6.70. The molecule has 0 saturated heterocycles. The lowest BCUT2D eigenvalue weighted by Crippen LogP contribution is -1.91. The Morgan fingerprint density at radius 2 is 1.55 bits per heavy atom. The Morgan fingerprint density at radius 3 is 2.10 bits per heavy atom. The molecule has 1 N–H and O–H groups in total. The minimum absolute atomic E-state index is 0.179. The predicted octanol–water partition coefficient (Wildman–Crippen LogP) is 4.54. The molecule has 0 unspecified atom stereocenters. The number of benzene rings is 2. The molecule has 2 aromatic carbocycles. The number of rotatable bonds is 5. The van der Waals surface area contributed by atoms with Crippen molar-refractivity contribution < 1.29 is 9.90 Å². The maximum Gasteiger partial charge on any atom is 0.303 e. The van der Waals surface area contributed by atoms with Crippen LogP contribution in [0.25, 0.3) is 17.2 Å². The number of hydrogen-bond donors (Lipinski definition) is 1. The standard InChI is InChI=1S/C18H18O2/c1-14-6-10-16(11-7-14)17-12-8-15(9-13-17)4-2-3-5-18(19)20/h2,4,6-13H,3,5H2,1H3,(H,19,20)/b4-2+. The van der Waals surface area contributed by atoms with E-state index in [1.165, 1.54) is 16.7 Å². The van der Waals surface area contributed by atoms with E-state index in [-0.39, 0.29) is 6.42 Å². The van der Waals surface area contributed by atoms with Crippen molar-refractivity contribution >= 4 is 12.0 Å². The molecule has 2 nitrogen and oxygen atoms in total. The fraction of sp³-hybridized carbons (Fsp3) is 0.167. The summed E-state index contributed by atoms with van der Waals surface area (Å²) in [6.45, 7) is 2.08. The van der Waals surface area contributed by atoms with Crippen LogP contribution in [0.5, 0.6) is 0 Å². The van der Waals surface area contributed by atoms with Gasteiger partial charge in [0.15, 0.2) is 0 Å². The molecule has 2 aromatic rings. The number of hydrogen-bond acceptors (Lipinski definition) is 1. The van der Waals surface area contributed by atoms with Gasteiger partial charge in [0.25, 0.3) is 0 Å². The molecule has 0 atom stereocenters. The Morgan fingerprint density at radius 1 is 1.00 bits per heavy atom. The summed E-state index contributed by atoms with van der Waals surface area (Å²) in [6.07, 6.45) is 4.60. The van der Waals surface area contributed by atoms with Crippen LogP contribution >= 0.6 is 0 Å². The highest BCUT2D eigenvalue weighted by atomic mass is 16.4. The van der Waals surface area contributed by atoms with Gasteiger partial charge >= 0.3 is 5.97 Å². The molecular weight excluding hydrogens is 248 g/mol. The van der Waals surface area contributed by atoms with Crippen LogP contribution in [0.1, 0.15) is 24.0 Å². The summed E-state index contributed by atoms with van der Waals surface area (Å²) in [5, 5.41) is 8.56. The number of aliphatic carboxylic acids is 1. The second-order valence-electron chi connectivity index (χ2n) is 4.82. The monoisotopic (exact) mass is 266 g/mol. The molecule has 102 valence electrons. The Hall–Kier alpha value is -2.35. The van der Waals surface area contributed by atoms with Gasteiger partial charge in [0.1, 0.15) is 0 Å². The first-order chi connectivity index (χ1) is 9.65. The minimum Gasteiger partial charge on any atom is -0.481 e. The summed E-state index contributed by atoms with van der Waals surface area (Å²) >= 11 is 0. The van der Waals surface area contributed by atoms with Gasteiger partial charge in [-0.2, -0.15) is 0 Å². The van der Waals surface area contributed by atoms with Crippen LogP contribution < -0.4 is 0 Å². The summed E-state index contributed by atoms with van der Waals surface area (Å²) in [7, 11) is 0. The first kappa shape index (κ1) is 14.1. The second-order valence-corrected chi connectivity index (χ2v) is 4.82. The molecule has 20 heavy (non-hydrogen) atoms. The topological polar surface area (TPSA) is 37.3 Å². The van der Waals surface area contributed by atoms with Crippen LogP contribution in [0.15, 0.2) is 54.6 Å². The molecule has 0 aliphatic carbocycles. The van der Waals surface area contributed by atoms with Gasteiger partial charge in [0, 0.05) is 6.42 Å². The van der Waals surface area contributed by atoms with Crippen molar-refractivity contribution in [3.63, 3.8) is 0 Å². The van der Waals surface area contributed by atoms with Crippen LogP contribution in [0.3, 0.4) is 0 Å². The summed E-state index contributed by atoms with van der Waals surface area (Å²) in [6, 6.07) is 16.7. The SMILES string of the molecule is Cc1ccc(-c2ccc(/C=C/CCC(=O)O)cc2)cc1. The van der Waals surface area contributed by atoms with Gasteiger partial charge in [-0.1, -0.05) is 66.2 Å². The first-order valence-electron chi connectivity index (χ1n) is 6.70. The normalized spacial score (nSPS) is 10.8. The Kier molecular flexibility index (Phi) is 4.72. The molecule has 0 radical (unpaired) electrons. The molecule has 0 aromatic heterocycles. The quantitative estimate of drug-likeness (QED) is 0.862. The maximum absolute atomic E-state index is 10.4. The zero-order valence-electron chi connectivity index (χ0n) is 11.5. The molecule has 2 rings (SSSR count). The molecule has 0 saturated carbocycles. The molecule has 0 aliphatic heterocycles. The summed E-state index contributed by atoms with van der Waals surface area (Å²) in [4.78, 5) is 10.4. The highest BCUT2D eigenvalue weighted by Gasteiger charge is 1.97. The molecule has 0 aliphatic rings.